The number of hydrogen-bond acceptors (Lipinski definition) is 2. The van der Waals surface area contributed by atoms with Crippen molar-refractivity contribution < 1.29 is 4.48 Å². The Morgan fingerprint density at radius 1 is 0.520 bits per heavy atom. The summed E-state index contributed by atoms with van der Waals surface area (Å²) in [5.41, 5.74) is 0. The van der Waals surface area contributed by atoms with E-state index in [0.29, 0.717) is 0 Å². The number of rotatable bonds is 18. The van der Waals surface area contributed by atoms with Gasteiger partial charge in [0.05, 0.1) is 26.2 Å². The van der Waals surface area contributed by atoms with Gasteiger partial charge >= 0.3 is 0 Å². The predicted octanol–water partition coefficient (Wildman–Crippen LogP) is 3.52. The van der Waals surface area contributed by atoms with Crippen LogP contribution in [0.15, 0.2) is 75.9 Å². The summed E-state index contributed by atoms with van der Waals surface area (Å²) in [5.74, 6) is 0. The van der Waals surface area contributed by atoms with Crippen molar-refractivity contribution in [1.82, 2.24) is 9.80 Å². The van der Waals surface area contributed by atoms with Crippen molar-refractivity contribution in [2.45, 2.75) is 0 Å². The molecule has 0 amide bonds. The summed E-state index contributed by atoms with van der Waals surface area (Å²) in [7, 11) is 0. The van der Waals surface area contributed by atoms with E-state index in [1.165, 1.54) is 0 Å². The Bertz CT molecular complexity index is 388. The molecule has 0 unspecified atom stereocenters. The first kappa shape index (κ1) is 23.3. The molecule has 0 bridgehead atoms. The second-order valence-electron chi connectivity index (χ2n) is 6.41. The maximum atomic E-state index is 3.93. The van der Waals surface area contributed by atoms with Gasteiger partial charge in [0.1, 0.15) is 0 Å². The van der Waals surface area contributed by atoms with Crippen LogP contribution in [0.5, 0.6) is 0 Å². The molecule has 140 valence electrons. The van der Waals surface area contributed by atoms with Gasteiger partial charge in [-0.3, -0.25) is 9.80 Å². The molecule has 0 saturated carbocycles. The SMILES string of the molecule is C=CCN(CC=C)CCN(CC=C)CC[N+](CC=C)(CC=C)CC=C. The summed E-state index contributed by atoms with van der Waals surface area (Å²) in [5, 5.41) is 0. The van der Waals surface area contributed by atoms with Crippen LogP contribution in [0.25, 0.3) is 0 Å². The molecule has 0 saturated heterocycles. The lowest BCUT2D eigenvalue weighted by molar-refractivity contribution is -0.911. The van der Waals surface area contributed by atoms with Gasteiger partial charge in [-0.15, -0.1) is 19.7 Å². The number of nitrogens with zero attached hydrogens (tertiary/aromatic N) is 3. The van der Waals surface area contributed by atoms with Gasteiger partial charge < -0.3 is 4.48 Å². The Hall–Kier alpha value is -1.68. The Morgan fingerprint density at radius 3 is 1.32 bits per heavy atom. The van der Waals surface area contributed by atoms with E-state index in [1.807, 2.05) is 36.5 Å². The van der Waals surface area contributed by atoms with Gasteiger partial charge in [0.25, 0.3) is 0 Å². The molecule has 3 nitrogen and oxygen atoms in total. The molecule has 0 spiro atoms. The summed E-state index contributed by atoms with van der Waals surface area (Å²) in [6, 6.07) is 0. The Labute approximate surface area is 156 Å². The van der Waals surface area contributed by atoms with Crippen LogP contribution in [0, 0.1) is 0 Å². The molecule has 0 heterocycles. The van der Waals surface area contributed by atoms with Crippen molar-refractivity contribution in [1.29, 1.82) is 0 Å². The first-order valence-corrected chi connectivity index (χ1v) is 9.06. The molecule has 25 heavy (non-hydrogen) atoms. The van der Waals surface area contributed by atoms with E-state index in [-0.39, 0.29) is 0 Å². The van der Waals surface area contributed by atoms with E-state index in [4.69, 9.17) is 0 Å². The van der Waals surface area contributed by atoms with Crippen LogP contribution >= 0.6 is 0 Å². The molecule has 0 rings (SSSR count). The third-order valence-corrected chi connectivity index (χ3v) is 4.33. The average Bonchev–Trinajstić information content (AvgIpc) is 2.58. The van der Waals surface area contributed by atoms with E-state index in [9.17, 15) is 0 Å². The van der Waals surface area contributed by atoms with E-state index in [0.717, 1.165) is 69.9 Å². The van der Waals surface area contributed by atoms with E-state index >= 15 is 0 Å². The molecule has 0 aromatic carbocycles. The van der Waals surface area contributed by atoms with Crippen molar-refractivity contribution in [3.63, 3.8) is 0 Å². The van der Waals surface area contributed by atoms with Crippen molar-refractivity contribution in [3.05, 3.63) is 75.9 Å². The zero-order chi connectivity index (χ0) is 19.0. The first-order chi connectivity index (χ1) is 12.1. The molecule has 0 aliphatic carbocycles. The minimum atomic E-state index is 0.886. The monoisotopic (exact) mass is 344 g/mol. The minimum absolute atomic E-state index is 0.886. The molecule has 0 atom stereocenters. The largest absolute Gasteiger partial charge is 0.313 e. The van der Waals surface area contributed by atoms with Gasteiger partial charge in [-0.25, -0.2) is 0 Å². The summed E-state index contributed by atoms with van der Waals surface area (Å²) in [6.07, 6.45) is 11.9. The minimum Gasteiger partial charge on any atom is -0.313 e. The molecule has 0 aliphatic rings. The zero-order valence-corrected chi connectivity index (χ0v) is 16.1. The highest BCUT2D eigenvalue weighted by molar-refractivity contribution is 4.82. The molecule has 0 aromatic rings. The normalized spacial score (nSPS) is 11.3. The quantitative estimate of drug-likeness (QED) is 0.277. The topological polar surface area (TPSA) is 6.48 Å². The van der Waals surface area contributed by atoms with E-state index in [2.05, 4.69) is 49.3 Å². The summed E-state index contributed by atoms with van der Waals surface area (Å²) in [6.45, 7) is 32.9. The summed E-state index contributed by atoms with van der Waals surface area (Å²) >= 11 is 0. The van der Waals surface area contributed by atoms with Gasteiger partial charge in [0, 0.05) is 39.3 Å². The number of hydrogen-bond donors (Lipinski definition) is 0. The maximum absolute atomic E-state index is 3.93. The van der Waals surface area contributed by atoms with Crippen LogP contribution in [0.2, 0.25) is 0 Å². The molecule has 0 fully saturated rings. The predicted molar refractivity (Wildman–Crippen MR) is 114 cm³/mol. The smallest absolute Gasteiger partial charge is 0.0976 e. The van der Waals surface area contributed by atoms with Crippen molar-refractivity contribution >= 4 is 0 Å². The van der Waals surface area contributed by atoms with E-state index < -0.39 is 0 Å². The van der Waals surface area contributed by atoms with Gasteiger partial charge in [-0.1, -0.05) is 38.0 Å². The molecular weight excluding hydrogens is 306 g/mol. The van der Waals surface area contributed by atoms with Crippen molar-refractivity contribution in [2.75, 3.05) is 65.4 Å². The van der Waals surface area contributed by atoms with Gasteiger partial charge in [0.2, 0.25) is 0 Å². The van der Waals surface area contributed by atoms with Crippen molar-refractivity contribution in [2.24, 2.45) is 0 Å². The first-order valence-electron chi connectivity index (χ1n) is 9.06. The summed E-state index contributed by atoms with van der Waals surface area (Å²) < 4.78 is 0.924. The second-order valence-corrected chi connectivity index (χ2v) is 6.41. The lowest BCUT2D eigenvalue weighted by Crippen LogP contribution is -2.52. The average molecular weight is 345 g/mol. The standard InChI is InChI=1S/C22H38N3/c1-7-13-23(14-8-2)16-17-24(15-9-3)18-22-25(19-10-4,20-11-5)21-12-6/h7-12H,1-6,13-22H2/q+1. The van der Waals surface area contributed by atoms with Gasteiger partial charge in [-0.2, -0.15) is 0 Å². The fraction of sp³-hybridized carbons (Fsp3) is 0.455. The lowest BCUT2D eigenvalue weighted by Gasteiger charge is -2.38. The highest BCUT2D eigenvalue weighted by Crippen LogP contribution is 2.09. The van der Waals surface area contributed by atoms with E-state index in [1.54, 1.807) is 0 Å². The second kappa shape index (κ2) is 14.6. The zero-order valence-electron chi connectivity index (χ0n) is 16.1. The fourth-order valence-corrected chi connectivity index (χ4v) is 3.05. The fourth-order valence-electron chi connectivity index (χ4n) is 3.05. The van der Waals surface area contributed by atoms with Crippen LogP contribution in [-0.2, 0) is 0 Å². The molecule has 0 aliphatic heterocycles. The molecule has 3 heteroatoms. The van der Waals surface area contributed by atoms with Gasteiger partial charge in [0.15, 0.2) is 0 Å². The maximum Gasteiger partial charge on any atom is 0.0976 e. The molecule has 0 aromatic heterocycles. The molecule has 0 radical (unpaired) electrons. The molecule has 0 N–H and O–H groups in total. The Balaban J connectivity index is 4.83. The Morgan fingerprint density at radius 2 is 0.920 bits per heavy atom. The van der Waals surface area contributed by atoms with Crippen LogP contribution in [0.1, 0.15) is 0 Å². The molecular formula is C22H38N3+. The van der Waals surface area contributed by atoms with Crippen molar-refractivity contribution in [3.8, 4) is 0 Å². The third-order valence-electron chi connectivity index (χ3n) is 4.33. The Kier molecular flexibility index (Phi) is 13.7. The van der Waals surface area contributed by atoms with Crippen LogP contribution in [0.4, 0.5) is 0 Å². The third kappa shape index (κ3) is 10.0. The number of quaternary nitrogens is 1. The van der Waals surface area contributed by atoms with Gasteiger partial charge in [-0.05, 0) is 18.2 Å². The highest BCUT2D eigenvalue weighted by Gasteiger charge is 2.23. The van der Waals surface area contributed by atoms with Crippen LogP contribution in [0.3, 0.4) is 0 Å². The van der Waals surface area contributed by atoms with Crippen LogP contribution in [-0.4, -0.2) is 79.7 Å². The summed E-state index contributed by atoms with van der Waals surface area (Å²) in [4.78, 5) is 4.80. The van der Waals surface area contributed by atoms with Crippen LogP contribution < -0.4 is 0 Å². The lowest BCUT2D eigenvalue weighted by atomic mass is 10.2. The highest BCUT2D eigenvalue weighted by atomic mass is 15.4.